The van der Waals surface area contributed by atoms with Gasteiger partial charge in [0.2, 0.25) is 12.5 Å². The van der Waals surface area contributed by atoms with Crippen LogP contribution in [0, 0.1) is 16.7 Å². The van der Waals surface area contributed by atoms with Crippen LogP contribution in [0.2, 0.25) is 0 Å². The average molecular weight is 455 g/mol. The number of rotatable bonds is 5. The van der Waals surface area contributed by atoms with E-state index in [-0.39, 0.29) is 18.4 Å². The van der Waals surface area contributed by atoms with E-state index in [1.54, 1.807) is 23.1 Å². The molecule has 9 nitrogen and oxygen atoms in total. The number of halogens is 1. The fourth-order valence-electron chi connectivity index (χ4n) is 3.14. The molecule has 2 aliphatic rings. The Labute approximate surface area is 174 Å². The van der Waals surface area contributed by atoms with Crippen molar-refractivity contribution in [1.82, 2.24) is 4.90 Å². The Balaban J connectivity index is 1.54. The van der Waals surface area contributed by atoms with Crippen LogP contribution in [-0.4, -0.2) is 29.1 Å². The number of benzene rings is 2. The first-order valence-electron chi connectivity index (χ1n) is 8.54. The molecule has 2 aliphatic heterocycles. The standard InChI is InChI=1S/C19H15BrN6O3/c20-14-5-11(24-25-15(6-21)18(22)23)4-12-13(14)8-26(19(12)27)7-10-1-2-16-17(3-10)29-9-28-16/h1-5,24H,7-9H2,(H3,22,23)/b25-15+. The van der Waals surface area contributed by atoms with Crippen molar-refractivity contribution >= 4 is 39.1 Å². The monoisotopic (exact) mass is 454 g/mol. The van der Waals surface area contributed by atoms with E-state index in [9.17, 15) is 4.79 Å². The number of nitrogens with one attached hydrogen (secondary N) is 2. The molecule has 0 radical (unpaired) electrons. The molecule has 0 saturated heterocycles. The van der Waals surface area contributed by atoms with Gasteiger partial charge < -0.3 is 20.1 Å². The number of amidine groups is 1. The van der Waals surface area contributed by atoms with Crippen molar-refractivity contribution in [3.8, 4) is 17.6 Å². The van der Waals surface area contributed by atoms with Crippen LogP contribution in [0.4, 0.5) is 5.69 Å². The molecule has 4 rings (SSSR count). The minimum Gasteiger partial charge on any atom is -0.454 e. The summed E-state index contributed by atoms with van der Waals surface area (Å²) in [4.78, 5) is 14.7. The summed E-state index contributed by atoms with van der Waals surface area (Å²) >= 11 is 3.50. The molecular formula is C19H15BrN6O3. The maximum atomic E-state index is 12.9. The predicted molar refractivity (Wildman–Crippen MR) is 109 cm³/mol. The highest BCUT2D eigenvalue weighted by Gasteiger charge is 2.30. The van der Waals surface area contributed by atoms with Gasteiger partial charge >= 0.3 is 0 Å². The van der Waals surface area contributed by atoms with Crippen LogP contribution in [0.25, 0.3) is 0 Å². The molecule has 0 spiro atoms. The molecule has 0 aliphatic carbocycles. The Bertz CT molecular complexity index is 1110. The quantitative estimate of drug-likeness (QED) is 0.360. The summed E-state index contributed by atoms with van der Waals surface area (Å²) in [5.41, 5.74) is 10.6. The maximum Gasteiger partial charge on any atom is 0.254 e. The number of nitrogens with zero attached hydrogens (tertiary/aromatic N) is 3. The van der Waals surface area contributed by atoms with Gasteiger partial charge in [0.1, 0.15) is 6.07 Å². The van der Waals surface area contributed by atoms with Crippen LogP contribution >= 0.6 is 15.9 Å². The molecule has 29 heavy (non-hydrogen) atoms. The first-order valence-corrected chi connectivity index (χ1v) is 9.34. The second-order valence-electron chi connectivity index (χ2n) is 6.43. The summed E-state index contributed by atoms with van der Waals surface area (Å²) in [5, 5.41) is 20.0. The molecule has 0 atom stereocenters. The molecular weight excluding hydrogens is 440 g/mol. The van der Waals surface area contributed by atoms with Gasteiger partial charge in [-0.25, -0.2) is 0 Å². The predicted octanol–water partition coefficient (Wildman–Crippen LogP) is 2.56. The molecule has 0 unspecified atom stereocenters. The number of carbonyl (C=O) groups is 1. The zero-order valence-corrected chi connectivity index (χ0v) is 16.6. The van der Waals surface area contributed by atoms with Crippen molar-refractivity contribution in [3.05, 3.63) is 51.5 Å². The van der Waals surface area contributed by atoms with Gasteiger partial charge in [-0.05, 0) is 35.4 Å². The van der Waals surface area contributed by atoms with Gasteiger partial charge in [-0.3, -0.25) is 15.6 Å². The first kappa shape index (κ1) is 18.8. The lowest BCUT2D eigenvalue weighted by atomic mass is 10.1. The lowest BCUT2D eigenvalue weighted by Crippen LogP contribution is -2.23. The number of nitrogens with two attached hydrogens (primary N) is 1. The van der Waals surface area contributed by atoms with Crippen molar-refractivity contribution < 1.29 is 14.3 Å². The second kappa shape index (κ2) is 7.44. The number of hydrogen-bond acceptors (Lipinski definition) is 7. The molecule has 0 aromatic heterocycles. The summed E-state index contributed by atoms with van der Waals surface area (Å²) in [6.45, 7) is 1.10. The fourth-order valence-corrected chi connectivity index (χ4v) is 3.72. The van der Waals surface area contributed by atoms with Crippen LogP contribution in [0.3, 0.4) is 0 Å². The smallest absolute Gasteiger partial charge is 0.254 e. The van der Waals surface area contributed by atoms with Crippen LogP contribution in [-0.2, 0) is 13.1 Å². The molecule has 0 saturated carbocycles. The number of fused-ring (bicyclic) bond motifs is 2. The zero-order chi connectivity index (χ0) is 20.5. The van der Waals surface area contributed by atoms with Gasteiger partial charge in [0.25, 0.3) is 5.91 Å². The van der Waals surface area contributed by atoms with E-state index >= 15 is 0 Å². The third-order valence-corrected chi connectivity index (χ3v) is 5.24. The zero-order valence-electron chi connectivity index (χ0n) is 15.0. The van der Waals surface area contributed by atoms with Crippen molar-refractivity contribution in [3.63, 3.8) is 0 Å². The number of amides is 1. The largest absolute Gasteiger partial charge is 0.454 e. The lowest BCUT2D eigenvalue weighted by Gasteiger charge is -2.16. The number of ether oxygens (including phenoxy) is 2. The summed E-state index contributed by atoms with van der Waals surface area (Å²) < 4.78 is 11.5. The molecule has 4 N–H and O–H groups in total. The molecule has 0 bridgehead atoms. The number of nitriles is 1. The van der Waals surface area contributed by atoms with E-state index < -0.39 is 5.84 Å². The maximum absolute atomic E-state index is 12.9. The molecule has 2 aromatic carbocycles. The van der Waals surface area contributed by atoms with Crippen molar-refractivity contribution in [2.24, 2.45) is 10.8 Å². The Hall–Kier alpha value is -3.58. The minimum absolute atomic E-state index is 0.113. The summed E-state index contributed by atoms with van der Waals surface area (Å²) in [6.07, 6.45) is 0. The molecule has 0 fully saturated rings. The average Bonchev–Trinajstić information content (AvgIpc) is 3.27. The summed E-state index contributed by atoms with van der Waals surface area (Å²) in [5.74, 6) is 0.825. The second-order valence-corrected chi connectivity index (χ2v) is 7.29. The van der Waals surface area contributed by atoms with E-state index in [1.165, 1.54) is 0 Å². The Morgan fingerprint density at radius 2 is 2.14 bits per heavy atom. The third kappa shape index (κ3) is 3.60. The van der Waals surface area contributed by atoms with E-state index in [0.717, 1.165) is 15.6 Å². The van der Waals surface area contributed by atoms with E-state index in [2.05, 4.69) is 26.5 Å². The first-order chi connectivity index (χ1) is 14.0. The van der Waals surface area contributed by atoms with Gasteiger partial charge in [-0.2, -0.15) is 10.4 Å². The molecule has 10 heteroatoms. The molecule has 2 aromatic rings. The Morgan fingerprint density at radius 3 is 2.90 bits per heavy atom. The van der Waals surface area contributed by atoms with Crippen LogP contribution in [0.1, 0.15) is 21.5 Å². The Morgan fingerprint density at radius 1 is 1.34 bits per heavy atom. The highest BCUT2D eigenvalue weighted by Crippen LogP contribution is 2.36. The number of carbonyl (C=O) groups excluding carboxylic acids is 1. The third-order valence-electron chi connectivity index (χ3n) is 4.53. The lowest BCUT2D eigenvalue weighted by molar-refractivity contribution is 0.0766. The minimum atomic E-state index is -0.439. The molecule has 1 amide bonds. The van der Waals surface area contributed by atoms with E-state index in [0.29, 0.717) is 35.8 Å². The fraction of sp³-hybridized carbons (Fsp3) is 0.158. The molecule has 2 heterocycles. The van der Waals surface area contributed by atoms with Crippen molar-refractivity contribution in [2.45, 2.75) is 13.1 Å². The molecule has 146 valence electrons. The SMILES string of the molecule is N#C/C(=N\Nc1cc(Br)c2c(c1)C(=O)N(Cc1ccc3c(c1)OCO3)C2)C(=N)N. The highest BCUT2D eigenvalue weighted by atomic mass is 79.9. The van der Waals surface area contributed by atoms with Crippen LogP contribution in [0.15, 0.2) is 39.9 Å². The van der Waals surface area contributed by atoms with E-state index in [4.69, 9.17) is 25.9 Å². The summed E-state index contributed by atoms with van der Waals surface area (Å²) in [7, 11) is 0. The Kier molecular flexibility index (Phi) is 4.82. The van der Waals surface area contributed by atoms with Crippen LogP contribution < -0.4 is 20.6 Å². The van der Waals surface area contributed by atoms with Gasteiger partial charge in [-0.1, -0.05) is 22.0 Å². The highest BCUT2D eigenvalue weighted by molar-refractivity contribution is 9.10. The topological polar surface area (TPSA) is 137 Å². The van der Waals surface area contributed by atoms with Crippen molar-refractivity contribution in [1.29, 1.82) is 10.7 Å². The van der Waals surface area contributed by atoms with Crippen LogP contribution in [0.5, 0.6) is 11.5 Å². The van der Waals surface area contributed by atoms with Gasteiger partial charge in [0.15, 0.2) is 17.3 Å². The van der Waals surface area contributed by atoms with Crippen molar-refractivity contribution in [2.75, 3.05) is 12.2 Å². The number of hydrazone groups is 1. The normalized spacial score (nSPS) is 14.6. The van der Waals surface area contributed by atoms with Gasteiger partial charge in [0, 0.05) is 23.1 Å². The number of anilines is 1. The van der Waals surface area contributed by atoms with Gasteiger partial charge in [0.05, 0.1) is 5.69 Å². The number of hydrogen-bond donors (Lipinski definition) is 3. The van der Waals surface area contributed by atoms with Gasteiger partial charge in [-0.15, -0.1) is 0 Å². The van der Waals surface area contributed by atoms with E-state index in [1.807, 2.05) is 18.2 Å². The summed E-state index contributed by atoms with van der Waals surface area (Å²) in [6, 6.07) is 10.8.